The highest BCUT2D eigenvalue weighted by Gasteiger charge is 2.58. The summed E-state index contributed by atoms with van der Waals surface area (Å²) in [5.74, 6) is 0.969. The molecule has 0 spiro atoms. The lowest BCUT2D eigenvalue weighted by Gasteiger charge is -2.31. The molecule has 3 fully saturated rings. The second-order valence-electron chi connectivity index (χ2n) is 5.19. The van der Waals surface area contributed by atoms with E-state index in [0.717, 1.165) is 18.4 Å². The third kappa shape index (κ3) is 1.05. The number of ketones is 2. The van der Waals surface area contributed by atoms with Gasteiger partial charge < -0.3 is 11.5 Å². The Kier molecular flexibility index (Phi) is 1.91. The Morgan fingerprint density at radius 1 is 0.938 bits per heavy atom. The van der Waals surface area contributed by atoms with Crippen molar-refractivity contribution in [2.75, 3.05) is 0 Å². The van der Waals surface area contributed by atoms with Gasteiger partial charge in [-0.05, 0) is 30.3 Å². The first-order valence-electron chi connectivity index (χ1n) is 5.91. The molecule has 0 radical (unpaired) electrons. The average Bonchev–Trinajstić information content (AvgIpc) is 2.79. The Hall–Kier alpha value is -1.32. The van der Waals surface area contributed by atoms with Gasteiger partial charge in [0.05, 0.1) is 5.82 Å². The van der Waals surface area contributed by atoms with E-state index in [9.17, 15) is 9.59 Å². The minimum atomic E-state index is -0.0999. The van der Waals surface area contributed by atoms with Crippen molar-refractivity contribution in [1.29, 1.82) is 0 Å². The summed E-state index contributed by atoms with van der Waals surface area (Å²) in [6, 6.07) is 0. The molecule has 16 heavy (non-hydrogen) atoms. The van der Waals surface area contributed by atoms with Crippen molar-refractivity contribution >= 4 is 11.6 Å². The first-order chi connectivity index (χ1) is 7.61. The molecule has 0 amide bonds. The van der Waals surface area contributed by atoms with Crippen molar-refractivity contribution in [3.63, 3.8) is 0 Å². The van der Waals surface area contributed by atoms with Gasteiger partial charge in [0.1, 0.15) is 11.6 Å². The summed E-state index contributed by atoms with van der Waals surface area (Å²) in [4.78, 5) is 23.8. The van der Waals surface area contributed by atoms with Gasteiger partial charge in [-0.3, -0.25) is 9.59 Å². The zero-order valence-electron chi connectivity index (χ0n) is 9.11. The molecule has 4 unspecified atom stereocenters. The quantitative estimate of drug-likeness (QED) is 0.615. The maximum Gasteiger partial charge on any atom is 0.137 e. The molecule has 0 saturated heterocycles. The van der Waals surface area contributed by atoms with E-state index in [1.54, 1.807) is 0 Å². The van der Waals surface area contributed by atoms with Crippen molar-refractivity contribution in [2.24, 2.45) is 35.1 Å². The summed E-state index contributed by atoms with van der Waals surface area (Å²) >= 11 is 0. The number of Topliss-reactive ketones (excluding diaryl/α,β-unsaturated/α-hetero) is 2. The Morgan fingerprint density at radius 3 is 1.75 bits per heavy atom. The van der Waals surface area contributed by atoms with Gasteiger partial charge in [0.2, 0.25) is 0 Å². The molecule has 86 valence electrons. The first kappa shape index (κ1) is 9.87. The van der Waals surface area contributed by atoms with E-state index in [1.807, 2.05) is 0 Å². The highest BCUT2D eigenvalue weighted by atomic mass is 16.1. The lowest BCUT2D eigenvalue weighted by atomic mass is 9.69. The minimum Gasteiger partial charge on any atom is -0.386 e. The van der Waals surface area contributed by atoms with E-state index in [2.05, 4.69) is 0 Å². The number of hydrogen-bond acceptors (Lipinski definition) is 4. The van der Waals surface area contributed by atoms with Crippen molar-refractivity contribution in [2.45, 2.75) is 25.7 Å². The third-order valence-electron chi connectivity index (χ3n) is 4.54. The highest BCUT2D eigenvalue weighted by Crippen LogP contribution is 2.58. The van der Waals surface area contributed by atoms with Gasteiger partial charge >= 0.3 is 0 Å². The molecule has 2 bridgehead atoms. The molecular weight excluding hydrogens is 204 g/mol. The fraction of sp³-hybridized carbons (Fsp3) is 0.667. The number of carbonyl (C=O) groups is 2. The molecule has 3 saturated carbocycles. The summed E-state index contributed by atoms with van der Waals surface area (Å²) in [5, 5.41) is 0. The predicted molar refractivity (Wildman–Crippen MR) is 57.8 cm³/mol. The van der Waals surface area contributed by atoms with E-state index in [1.165, 1.54) is 0 Å². The molecule has 0 aliphatic heterocycles. The van der Waals surface area contributed by atoms with Crippen molar-refractivity contribution < 1.29 is 9.59 Å². The van der Waals surface area contributed by atoms with Crippen LogP contribution in [0.25, 0.3) is 0 Å². The number of allylic oxidation sites excluding steroid dienone is 1. The van der Waals surface area contributed by atoms with Crippen LogP contribution in [-0.2, 0) is 9.59 Å². The van der Waals surface area contributed by atoms with Crippen molar-refractivity contribution in [3.05, 3.63) is 11.4 Å². The summed E-state index contributed by atoms with van der Waals surface area (Å²) < 4.78 is 0. The van der Waals surface area contributed by atoms with Crippen LogP contribution >= 0.6 is 0 Å². The standard InChI is InChI=1S/C12H16N2O2/c13-12(14)9-5-1-2-6(9)11-8(16)4-3-7(15)10(5)11/h5-6,10-11H,1-4,13-14H2. The molecule has 3 aliphatic rings. The lowest BCUT2D eigenvalue weighted by molar-refractivity contribution is -0.139. The number of rotatable bonds is 0. The SMILES string of the molecule is NC(N)=C1C2CCC1C1C(=O)CCC(=O)C21. The zero-order valence-corrected chi connectivity index (χ0v) is 9.11. The maximum atomic E-state index is 11.9. The first-order valence-corrected chi connectivity index (χ1v) is 5.91. The lowest BCUT2D eigenvalue weighted by Crippen LogP contribution is -2.39. The van der Waals surface area contributed by atoms with Gasteiger partial charge in [0, 0.05) is 24.7 Å². The molecular formula is C12H16N2O2. The van der Waals surface area contributed by atoms with E-state index in [-0.39, 0.29) is 35.2 Å². The number of fused-ring (bicyclic) bond motifs is 5. The van der Waals surface area contributed by atoms with Crippen LogP contribution in [0.4, 0.5) is 0 Å². The van der Waals surface area contributed by atoms with Gasteiger partial charge in [-0.15, -0.1) is 0 Å². The molecule has 3 rings (SSSR count). The fourth-order valence-corrected chi connectivity index (χ4v) is 4.05. The Morgan fingerprint density at radius 2 is 1.38 bits per heavy atom. The van der Waals surface area contributed by atoms with Crippen LogP contribution in [0.3, 0.4) is 0 Å². The molecule has 0 aromatic heterocycles. The van der Waals surface area contributed by atoms with Crippen LogP contribution in [-0.4, -0.2) is 11.6 Å². The molecule has 4 heteroatoms. The Bertz CT molecular complexity index is 377. The average molecular weight is 220 g/mol. The molecule has 0 aromatic carbocycles. The highest BCUT2D eigenvalue weighted by molar-refractivity contribution is 5.98. The third-order valence-corrected chi connectivity index (χ3v) is 4.54. The van der Waals surface area contributed by atoms with E-state index >= 15 is 0 Å². The molecule has 4 atom stereocenters. The minimum absolute atomic E-state index is 0.0999. The van der Waals surface area contributed by atoms with Gasteiger partial charge in [-0.25, -0.2) is 0 Å². The van der Waals surface area contributed by atoms with Crippen LogP contribution in [0, 0.1) is 23.7 Å². The maximum absolute atomic E-state index is 11.9. The molecule has 4 N–H and O–H groups in total. The van der Waals surface area contributed by atoms with Crippen molar-refractivity contribution in [3.8, 4) is 0 Å². The molecule has 3 aliphatic carbocycles. The number of hydrogen-bond donors (Lipinski definition) is 2. The van der Waals surface area contributed by atoms with E-state index in [4.69, 9.17) is 11.5 Å². The van der Waals surface area contributed by atoms with Gasteiger partial charge in [0.15, 0.2) is 0 Å². The van der Waals surface area contributed by atoms with Gasteiger partial charge in [-0.1, -0.05) is 0 Å². The van der Waals surface area contributed by atoms with Crippen LogP contribution in [0.1, 0.15) is 25.7 Å². The molecule has 4 nitrogen and oxygen atoms in total. The summed E-state index contributed by atoms with van der Waals surface area (Å²) in [7, 11) is 0. The van der Waals surface area contributed by atoms with Crippen LogP contribution < -0.4 is 11.5 Å². The summed E-state index contributed by atoms with van der Waals surface area (Å²) in [6.45, 7) is 0. The van der Waals surface area contributed by atoms with Gasteiger partial charge in [-0.2, -0.15) is 0 Å². The van der Waals surface area contributed by atoms with Crippen LogP contribution in [0.5, 0.6) is 0 Å². The Labute approximate surface area is 94.0 Å². The second-order valence-corrected chi connectivity index (χ2v) is 5.19. The monoisotopic (exact) mass is 220 g/mol. The van der Waals surface area contributed by atoms with Crippen LogP contribution in [0.15, 0.2) is 11.4 Å². The van der Waals surface area contributed by atoms with E-state index in [0.29, 0.717) is 18.7 Å². The normalized spacial score (nSPS) is 41.4. The summed E-state index contributed by atoms with van der Waals surface area (Å²) in [5.41, 5.74) is 12.4. The zero-order chi connectivity index (χ0) is 11.4. The summed E-state index contributed by atoms with van der Waals surface area (Å²) in [6.07, 6.45) is 2.78. The largest absolute Gasteiger partial charge is 0.386 e. The topological polar surface area (TPSA) is 86.2 Å². The smallest absolute Gasteiger partial charge is 0.137 e. The predicted octanol–water partition coefficient (Wildman–Crippen LogP) is 0.320. The molecule has 0 aromatic rings. The van der Waals surface area contributed by atoms with Crippen molar-refractivity contribution in [1.82, 2.24) is 0 Å². The van der Waals surface area contributed by atoms with Crippen LogP contribution in [0.2, 0.25) is 0 Å². The number of carbonyl (C=O) groups excluding carboxylic acids is 2. The van der Waals surface area contributed by atoms with Gasteiger partial charge in [0.25, 0.3) is 0 Å². The second kappa shape index (κ2) is 3.09. The Balaban J connectivity index is 2.08. The fourth-order valence-electron chi connectivity index (χ4n) is 4.05. The number of nitrogens with two attached hydrogens (primary N) is 2. The molecule has 0 heterocycles. The van der Waals surface area contributed by atoms with E-state index < -0.39 is 0 Å².